The average molecular weight is 353 g/mol. The van der Waals surface area contributed by atoms with Crippen molar-refractivity contribution in [2.45, 2.75) is 12.7 Å². The van der Waals surface area contributed by atoms with Crippen LogP contribution in [0.3, 0.4) is 0 Å². The highest BCUT2D eigenvalue weighted by Gasteiger charge is 2.13. The minimum absolute atomic E-state index is 0.0552. The number of nitrogens with one attached hydrogen (secondary N) is 1. The Kier molecular flexibility index (Phi) is 5.79. The Morgan fingerprint density at radius 3 is 2.71 bits per heavy atom. The third-order valence-corrected chi connectivity index (χ3v) is 3.02. The van der Waals surface area contributed by atoms with Gasteiger partial charge in [0.2, 0.25) is 5.91 Å². The topological polar surface area (TPSA) is 47.6 Å². The number of amides is 1. The third kappa shape index (κ3) is 4.57. The van der Waals surface area contributed by atoms with Gasteiger partial charge in [0.25, 0.3) is 0 Å². The number of carbonyl (C=O) groups is 1. The highest BCUT2D eigenvalue weighted by atomic mass is 127. The van der Waals surface area contributed by atoms with Gasteiger partial charge in [-0.25, -0.2) is 4.39 Å². The monoisotopic (exact) mass is 353 g/mol. The second kappa shape index (κ2) is 6.87. The lowest BCUT2D eigenvalue weighted by Crippen LogP contribution is -2.23. The Balaban J connectivity index is 2.64. The lowest BCUT2D eigenvalue weighted by molar-refractivity contribution is -0.134. The minimum atomic E-state index is -0.596. The highest BCUT2D eigenvalue weighted by molar-refractivity contribution is 14.1. The maximum Gasteiger partial charge on any atom is 0.229 e. The Morgan fingerprint density at radius 2 is 2.12 bits per heavy atom. The fourth-order valence-corrected chi connectivity index (χ4v) is 1.68. The van der Waals surface area contributed by atoms with Crippen molar-refractivity contribution in [3.05, 3.63) is 27.6 Å². The molecule has 0 fully saturated rings. The maximum atomic E-state index is 13.0. The summed E-state index contributed by atoms with van der Waals surface area (Å²) in [5.74, 6) is -0.682. The van der Waals surface area contributed by atoms with E-state index in [1.54, 1.807) is 6.07 Å². The molecule has 0 saturated heterocycles. The number of carbonyl (C=O) groups excluding carboxylic acids is 1. The third-order valence-electron chi connectivity index (χ3n) is 2.08. The SMILES string of the molecule is COC(CC(=O)Nc1cc(F)ccc1I)OC. The van der Waals surface area contributed by atoms with Crippen molar-refractivity contribution in [1.29, 1.82) is 0 Å². The molecule has 94 valence electrons. The Bertz CT molecular complexity index is 396. The van der Waals surface area contributed by atoms with Crippen LogP contribution in [0.15, 0.2) is 18.2 Å². The second-order valence-corrected chi connectivity index (χ2v) is 4.44. The number of methoxy groups -OCH3 is 2. The minimum Gasteiger partial charge on any atom is -0.355 e. The van der Waals surface area contributed by atoms with E-state index in [9.17, 15) is 9.18 Å². The zero-order valence-electron chi connectivity index (χ0n) is 9.50. The van der Waals surface area contributed by atoms with Gasteiger partial charge in [0.05, 0.1) is 12.1 Å². The molecular weight excluding hydrogens is 340 g/mol. The van der Waals surface area contributed by atoms with E-state index in [1.807, 2.05) is 22.6 Å². The van der Waals surface area contributed by atoms with E-state index in [0.717, 1.165) is 3.57 Å². The number of halogens is 2. The van der Waals surface area contributed by atoms with Gasteiger partial charge in [-0.1, -0.05) is 0 Å². The molecule has 0 heterocycles. The fraction of sp³-hybridized carbons (Fsp3) is 0.364. The molecule has 1 aromatic carbocycles. The quantitative estimate of drug-likeness (QED) is 0.653. The van der Waals surface area contributed by atoms with Gasteiger partial charge in [0.1, 0.15) is 5.82 Å². The predicted octanol–water partition coefficient (Wildman–Crippen LogP) is 2.38. The van der Waals surface area contributed by atoms with Crippen molar-refractivity contribution in [1.82, 2.24) is 0 Å². The average Bonchev–Trinajstić information content (AvgIpc) is 2.31. The molecule has 17 heavy (non-hydrogen) atoms. The molecule has 0 aliphatic heterocycles. The highest BCUT2D eigenvalue weighted by Crippen LogP contribution is 2.19. The van der Waals surface area contributed by atoms with Crippen LogP contribution in [0.1, 0.15) is 6.42 Å². The zero-order chi connectivity index (χ0) is 12.8. The predicted molar refractivity (Wildman–Crippen MR) is 70.2 cm³/mol. The Labute approximate surface area is 113 Å². The molecule has 0 aliphatic carbocycles. The number of hydrogen-bond donors (Lipinski definition) is 1. The van der Waals surface area contributed by atoms with Gasteiger partial charge < -0.3 is 14.8 Å². The van der Waals surface area contributed by atoms with E-state index >= 15 is 0 Å². The molecule has 0 unspecified atom stereocenters. The van der Waals surface area contributed by atoms with Crippen LogP contribution < -0.4 is 5.32 Å². The van der Waals surface area contributed by atoms with Gasteiger partial charge in [-0.15, -0.1) is 0 Å². The lowest BCUT2D eigenvalue weighted by atomic mass is 10.3. The van der Waals surface area contributed by atoms with Gasteiger partial charge in [0, 0.05) is 17.8 Å². The first-order valence-corrected chi connectivity index (χ1v) is 5.95. The van der Waals surface area contributed by atoms with E-state index in [2.05, 4.69) is 5.32 Å². The first kappa shape index (κ1) is 14.3. The van der Waals surface area contributed by atoms with Gasteiger partial charge in [-0.2, -0.15) is 0 Å². The van der Waals surface area contributed by atoms with Gasteiger partial charge in [-0.05, 0) is 40.8 Å². The van der Waals surface area contributed by atoms with Crippen LogP contribution >= 0.6 is 22.6 Å². The molecule has 0 radical (unpaired) electrons. The molecule has 0 spiro atoms. The maximum absolute atomic E-state index is 13.0. The smallest absolute Gasteiger partial charge is 0.229 e. The summed E-state index contributed by atoms with van der Waals surface area (Å²) in [7, 11) is 2.90. The Hall–Kier alpha value is -0.730. The molecule has 0 saturated carbocycles. The van der Waals surface area contributed by atoms with Crippen LogP contribution in [0.25, 0.3) is 0 Å². The lowest BCUT2D eigenvalue weighted by Gasteiger charge is -2.13. The van der Waals surface area contributed by atoms with Gasteiger partial charge in [0.15, 0.2) is 6.29 Å². The molecule has 1 amide bonds. The molecule has 1 N–H and O–H groups in total. The zero-order valence-corrected chi connectivity index (χ0v) is 11.7. The summed E-state index contributed by atoms with van der Waals surface area (Å²) in [6.07, 6.45) is -0.541. The molecule has 4 nitrogen and oxygen atoms in total. The number of hydrogen-bond acceptors (Lipinski definition) is 3. The van der Waals surface area contributed by atoms with Gasteiger partial charge in [-0.3, -0.25) is 4.79 Å². The molecule has 1 aromatic rings. The number of ether oxygens (including phenoxy) is 2. The van der Waals surface area contributed by atoms with Crippen LogP contribution in [0.5, 0.6) is 0 Å². The summed E-state index contributed by atoms with van der Waals surface area (Å²) < 4.78 is 23.6. The first-order valence-electron chi connectivity index (χ1n) is 4.87. The van der Waals surface area contributed by atoms with Crippen molar-refractivity contribution in [3.8, 4) is 0 Å². The fourth-order valence-electron chi connectivity index (χ4n) is 1.21. The van der Waals surface area contributed by atoms with E-state index in [-0.39, 0.29) is 12.3 Å². The van der Waals surface area contributed by atoms with Crippen LogP contribution in [-0.4, -0.2) is 26.4 Å². The molecule has 0 aromatic heterocycles. The van der Waals surface area contributed by atoms with Crippen LogP contribution in [0.2, 0.25) is 0 Å². The Morgan fingerprint density at radius 1 is 1.47 bits per heavy atom. The molecule has 0 atom stereocenters. The van der Waals surface area contributed by atoms with Crippen molar-refractivity contribution in [3.63, 3.8) is 0 Å². The number of rotatable bonds is 5. The summed E-state index contributed by atoms with van der Waals surface area (Å²) in [4.78, 5) is 11.6. The molecule has 1 rings (SSSR count). The van der Waals surface area contributed by atoms with Crippen molar-refractivity contribution >= 4 is 34.2 Å². The standard InChI is InChI=1S/C11H13FINO3/c1-16-11(17-2)6-10(15)14-9-5-7(12)3-4-8(9)13/h3-5,11H,6H2,1-2H3,(H,14,15). The van der Waals surface area contributed by atoms with Crippen molar-refractivity contribution < 1.29 is 18.7 Å². The number of anilines is 1. The van der Waals surface area contributed by atoms with Crippen LogP contribution in [0.4, 0.5) is 10.1 Å². The summed E-state index contributed by atoms with van der Waals surface area (Å²) in [6.45, 7) is 0. The summed E-state index contributed by atoms with van der Waals surface area (Å²) in [6, 6.07) is 4.20. The normalized spacial score (nSPS) is 10.6. The van der Waals surface area contributed by atoms with Crippen molar-refractivity contribution in [2.24, 2.45) is 0 Å². The van der Waals surface area contributed by atoms with Gasteiger partial charge >= 0.3 is 0 Å². The molecular formula is C11H13FINO3. The van der Waals surface area contributed by atoms with Crippen molar-refractivity contribution in [2.75, 3.05) is 19.5 Å². The van der Waals surface area contributed by atoms with Crippen LogP contribution in [0, 0.1) is 9.39 Å². The summed E-state index contributed by atoms with van der Waals surface area (Å²) in [5.41, 5.74) is 0.446. The second-order valence-electron chi connectivity index (χ2n) is 3.28. The van der Waals surface area contributed by atoms with E-state index in [4.69, 9.17) is 9.47 Å². The first-order chi connectivity index (χ1) is 8.06. The molecule has 0 aliphatic rings. The molecule has 0 bridgehead atoms. The van der Waals surface area contributed by atoms with Crippen LogP contribution in [-0.2, 0) is 14.3 Å². The summed E-state index contributed by atoms with van der Waals surface area (Å²) >= 11 is 2.02. The summed E-state index contributed by atoms with van der Waals surface area (Å²) in [5, 5.41) is 2.60. The number of benzene rings is 1. The van der Waals surface area contributed by atoms with E-state index < -0.39 is 12.1 Å². The van der Waals surface area contributed by atoms with E-state index in [0.29, 0.717) is 5.69 Å². The largest absolute Gasteiger partial charge is 0.355 e. The van der Waals surface area contributed by atoms with E-state index in [1.165, 1.54) is 26.4 Å². The molecule has 6 heteroatoms.